The van der Waals surface area contributed by atoms with E-state index in [1.54, 1.807) is 7.05 Å². The minimum Gasteiger partial charge on any atom is -0.444 e. The number of carbonyl (C=O) groups is 1. The number of hydrogen-bond donors (Lipinski definition) is 1. The third-order valence-corrected chi connectivity index (χ3v) is 5.56. The van der Waals surface area contributed by atoms with Crippen molar-refractivity contribution >= 4 is 17.5 Å². The van der Waals surface area contributed by atoms with Crippen LogP contribution in [0.1, 0.15) is 12.8 Å². The van der Waals surface area contributed by atoms with Gasteiger partial charge in [0.05, 0.1) is 29.4 Å². The van der Waals surface area contributed by atoms with Crippen molar-refractivity contribution in [3.8, 4) is 22.6 Å². The summed E-state index contributed by atoms with van der Waals surface area (Å²) in [5.41, 5.74) is 0.177. The average Bonchev–Trinajstić information content (AvgIpc) is 3.57. The first kappa shape index (κ1) is 21.7. The molecule has 0 unspecified atom stereocenters. The third-order valence-electron chi connectivity index (χ3n) is 5.56. The molecule has 2 aliphatic rings. The average molecular weight is 470 g/mol. The Morgan fingerprint density at radius 2 is 2.12 bits per heavy atom. The van der Waals surface area contributed by atoms with Crippen LogP contribution < -0.4 is 9.70 Å². The van der Waals surface area contributed by atoms with E-state index in [2.05, 4.69) is 25.4 Å². The van der Waals surface area contributed by atoms with Crippen molar-refractivity contribution in [2.45, 2.75) is 18.9 Å². The fourth-order valence-corrected chi connectivity index (χ4v) is 3.88. The lowest BCUT2D eigenvalue weighted by Gasteiger charge is -2.16. The fourth-order valence-electron chi connectivity index (χ4n) is 3.88. The van der Waals surface area contributed by atoms with Crippen LogP contribution in [0.4, 0.5) is 23.7 Å². The van der Waals surface area contributed by atoms with Gasteiger partial charge in [-0.2, -0.15) is 0 Å². The largest absolute Gasteiger partial charge is 0.444 e. The number of H-pyrrole nitrogens is 1. The zero-order valence-corrected chi connectivity index (χ0v) is 18.0. The maximum atomic E-state index is 15.0. The smallest absolute Gasteiger partial charge is 0.414 e. The van der Waals surface area contributed by atoms with E-state index in [0.29, 0.717) is 25.1 Å². The quantitative estimate of drug-likeness (QED) is 0.441. The highest BCUT2D eigenvalue weighted by Crippen LogP contribution is 2.35. The Bertz CT molecular complexity index is 1320. The summed E-state index contributed by atoms with van der Waals surface area (Å²) in [7, 11) is 1.64. The van der Waals surface area contributed by atoms with Crippen LogP contribution in [0.2, 0.25) is 0 Å². The topological polar surface area (TPSA) is 100 Å². The van der Waals surface area contributed by atoms with Crippen molar-refractivity contribution in [2.75, 3.05) is 18.0 Å². The van der Waals surface area contributed by atoms with Gasteiger partial charge in [0.25, 0.3) is 0 Å². The number of amides is 1. The molecule has 174 valence electrons. The Kier molecular flexibility index (Phi) is 5.56. The molecule has 5 rings (SSSR count). The van der Waals surface area contributed by atoms with Crippen molar-refractivity contribution < 1.29 is 27.5 Å². The lowest BCUT2D eigenvalue weighted by Crippen LogP contribution is -2.33. The standard InChI is InChI=1S/C22H18F3N7O2/c1-31-29-21(28-30-31)16-7-4-12(10-27-16)18-15(23)9-17(19(24)20(18)25)32-11-14(34-22(32)33)6-5-13-3-2-8-26-13/h2-4,7,9-10,14H,5-6,8,11H2,1H3/p+1/t14-/m0/s1. The minimum atomic E-state index is -1.42. The minimum absolute atomic E-state index is 0.0185. The lowest BCUT2D eigenvalue weighted by molar-refractivity contribution is -0.783. The number of benzene rings is 1. The fraction of sp³-hybridized carbons (Fsp3) is 0.273. The van der Waals surface area contributed by atoms with Crippen molar-refractivity contribution in [1.29, 1.82) is 0 Å². The van der Waals surface area contributed by atoms with Crippen molar-refractivity contribution in [1.82, 2.24) is 20.4 Å². The van der Waals surface area contributed by atoms with Crippen LogP contribution in [0.25, 0.3) is 22.6 Å². The molecule has 12 heteroatoms. The Morgan fingerprint density at radius 3 is 2.79 bits per heavy atom. The zero-order valence-electron chi connectivity index (χ0n) is 18.0. The van der Waals surface area contributed by atoms with Crippen LogP contribution in [-0.2, 0) is 11.8 Å². The summed E-state index contributed by atoms with van der Waals surface area (Å²) in [4.78, 5) is 23.0. The highest BCUT2D eigenvalue weighted by Gasteiger charge is 2.36. The monoisotopic (exact) mass is 470 g/mol. The molecule has 2 aliphatic heterocycles. The number of allylic oxidation sites excluding steroid dienone is 1. The highest BCUT2D eigenvalue weighted by atomic mass is 19.2. The molecule has 9 nitrogen and oxygen atoms in total. The molecule has 0 radical (unpaired) electrons. The molecule has 0 spiro atoms. The van der Waals surface area contributed by atoms with Gasteiger partial charge in [-0.1, -0.05) is 16.9 Å². The van der Waals surface area contributed by atoms with Crippen LogP contribution in [0.15, 0.2) is 41.5 Å². The summed E-state index contributed by atoms with van der Waals surface area (Å²) in [6.07, 6.45) is 4.67. The number of tetrazole rings is 1. The van der Waals surface area contributed by atoms with Crippen molar-refractivity contribution in [3.63, 3.8) is 0 Å². The SMILES string of the molecule is C[n+]1nc(-c2ccc(-c3c(F)cc(N4C[C@H](CCC5=NCC=C5)OC4=O)c(F)c3F)cn2)n[nH]1. The molecule has 1 saturated heterocycles. The summed E-state index contributed by atoms with van der Waals surface area (Å²) in [5, 5.41) is 10.6. The Morgan fingerprint density at radius 1 is 1.26 bits per heavy atom. The number of nitrogens with zero attached hydrogens (tertiary/aromatic N) is 6. The number of rotatable bonds is 6. The number of pyridine rings is 1. The predicted molar refractivity (Wildman–Crippen MR) is 114 cm³/mol. The van der Waals surface area contributed by atoms with Gasteiger partial charge in [-0.25, -0.2) is 22.9 Å². The van der Waals surface area contributed by atoms with E-state index in [1.165, 1.54) is 23.1 Å². The molecule has 1 aromatic carbocycles. The molecule has 3 aromatic rings. The summed E-state index contributed by atoms with van der Waals surface area (Å²) < 4.78 is 50.2. The van der Waals surface area contributed by atoms with Gasteiger partial charge in [0, 0.05) is 23.5 Å². The second kappa shape index (κ2) is 8.69. The molecule has 1 atom stereocenters. The van der Waals surface area contributed by atoms with E-state index in [4.69, 9.17) is 4.74 Å². The normalized spacial score (nSPS) is 17.4. The molecule has 4 heterocycles. The summed E-state index contributed by atoms with van der Waals surface area (Å²) >= 11 is 0. The van der Waals surface area contributed by atoms with Gasteiger partial charge in [0.2, 0.25) is 0 Å². The molecule has 1 N–H and O–H groups in total. The molecule has 1 amide bonds. The first-order chi connectivity index (χ1) is 16.4. The molecule has 0 aliphatic carbocycles. The van der Waals surface area contributed by atoms with Gasteiger partial charge in [-0.05, 0) is 35.3 Å². The van der Waals surface area contributed by atoms with E-state index < -0.39 is 40.9 Å². The molecular weight excluding hydrogens is 451 g/mol. The number of carbonyl (C=O) groups excluding carboxylic acids is 1. The number of aromatic amines is 1. The number of aryl methyl sites for hydroxylation is 1. The number of ether oxygens (including phenoxy) is 1. The second-order valence-corrected chi connectivity index (χ2v) is 7.86. The Labute approximate surface area is 191 Å². The van der Waals surface area contributed by atoms with E-state index in [1.807, 2.05) is 12.2 Å². The first-order valence-electron chi connectivity index (χ1n) is 10.5. The summed E-state index contributed by atoms with van der Waals surface area (Å²) in [5.74, 6) is -3.51. The lowest BCUT2D eigenvalue weighted by atomic mass is 10.0. The number of nitrogens with one attached hydrogen (secondary N) is 1. The molecule has 1 fully saturated rings. The van der Waals surface area contributed by atoms with E-state index in [0.717, 1.165) is 16.7 Å². The van der Waals surface area contributed by atoms with Gasteiger partial charge < -0.3 is 4.74 Å². The third kappa shape index (κ3) is 4.02. The summed E-state index contributed by atoms with van der Waals surface area (Å²) in [6, 6.07) is 3.65. The molecule has 2 aromatic heterocycles. The van der Waals surface area contributed by atoms with Gasteiger partial charge in [0.15, 0.2) is 11.6 Å². The Balaban J connectivity index is 1.37. The van der Waals surface area contributed by atoms with Crippen LogP contribution >= 0.6 is 0 Å². The van der Waals surface area contributed by atoms with Crippen LogP contribution in [0.3, 0.4) is 0 Å². The molecule has 0 bridgehead atoms. The number of anilines is 1. The number of halogens is 3. The van der Waals surface area contributed by atoms with Crippen molar-refractivity contribution in [3.05, 3.63) is 54.0 Å². The van der Waals surface area contributed by atoms with Gasteiger partial charge >= 0.3 is 11.9 Å². The zero-order chi connectivity index (χ0) is 23.8. The highest BCUT2D eigenvalue weighted by molar-refractivity contribution is 5.96. The maximum absolute atomic E-state index is 15.0. The molecule has 34 heavy (non-hydrogen) atoms. The number of aromatic nitrogens is 5. The molecular formula is C22H19F3N7O2+. The van der Waals surface area contributed by atoms with Crippen LogP contribution in [0.5, 0.6) is 0 Å². The summed E-state index contributed by atoms with van der Waals surface area (Å²) in [6.45, 7) is 0.605. The number of aliphatic imine (C=N–C) groups is 1. The number of hydrogen-bond acceptors (Lipinski definition) is 6. The van der Waals surface area contributed by atoms with Crippen LogP contribution in [-0.4, -0.2) is 51.4 Å². The van der Waals surface area contributed by atoms with Crippen molar-refractivity contribution in [2.24, 2.45) is 12.0 Å². The van der Waals surface area contributed by atoms with Gasteiger partial charge in [0.1, 0.15) is 24.7 Å². The van der Waals surface area contributed by atoms with E-state index in [-0.39, 0.29) is 17.9 Å². The second-order valence-electron chi connectivity index (χ2n) is 7.86. The van der Waals surface area contributed by atoms with E-state index >= 15 is 0 Å². The number of cyclic esters (lactones) is 1. The van der Waals surface area contributed by atoms with Crippen LogP contribution in [0, 0.1) is 17.5 Å². The van der Waals surface area contributed by atoms with E-state index in [9.17, 15) is 18.0 Å². The predicted octanol–water partition coefficient (Wildman–Crippen LogP) is 2.89. The maximum Gasteiger partial charge on any atom is 0.414 e. The first-order valence-corrected chi connectivity index (χ1v) is 10.5. The molecule has 0 saturated carbocycles. The van der Waals surface area contributed by atoms with Gasteiger partial charge in [-0.15, -0.1) is 0 Å². The van der Waals surface area contributed by atoms with Gasteiger partial charge in [-0.3, -0.25) is 9.89 Å². The Hall–Kier alpha value is -4.09.